The van der Waals surface area contributed by atoms with Crippen LogP contribution < -0.4 is 15.4 Å². The van der Waals surface area contributed by atoms with Crippen LogP contribution in [0.3, 0.4) is 0 Å². The fourth-order valence-corrected chi connectivity index (χ4v) is 3.29. The number of imidazole rings is 2. The quantitative estimate of drug-likeness (QED) is 0.710. The molecule has 0 spiro atoms. The van der Waals surface area contributed by atoms with Crippen molar-refractivity contribution in [3.63, 3.8) is 0 Å². The summed E-state index contributed by atoms with van der Waals surface area (Å²) >= 11 is 0. The van der Waals surface area contributed by atoms with Crippen LogP contribution in [0.4, 0.5) is 10.5 Å². The van der Waals surface area contributed by atoms with Gasteiger partial charge < -0.3 is 24.5 Å². The lowest BCUT2D eigenvalue weighted by Gasteiger charge is -2.21. The number of carbonyl (C=O) groups excluding carboxylic acids is 1. The van der Waals surface area contributed by atoms with Crippen LogP contribution in [-0.4, -0.2) is 32.2 Å². The third-order valence-corrected chi connectivity index (χ3v) is 5.02. The van der Waals surface area contributed by atoms with Gasteiger partial charge in [0.25, 0.3) is 0 Å². The molecule has 0 saturated heterocycles. The van der Waals surface area contributed by atoms with Gasteiger partial charge in [-0.2, -0.15) is 0 Å². The zero-order valence-electron chi connectivity index (χ0n) is 17.1. The number of nitrogens with zero attached hydrogens (tertiary/aromatic N) is 4. The SMILES string of the molecule is COc1cc(C)c(NC(=O)NC(c2nccn2C)c2nccn2C)c(C)c1C. The molecule has 0 unspecified atom stereocenters. The van der Waals surface area contributed by atoms with Crippen molar-refractivity contribution in [2.24, 2.45) is 14.1 Å². The molecule has 148 valence electrons. The molecule has 0 aliphatic carbocycles. The van der Waals surface area contributed by atoms with Crippen LogP contribution >= 0.6 is 0 Å². The van der Waals surface area contributed by atoms with Crippen molar-refractivity contribution < 1.29 is 9.53 Å². The number of aryl methyl sites for hydroxylation is 3. The number of urea groups is 1. The fraction of sp³-hybridized carbons (Fsp3) is 0.350. The Kier molecular flexibility index (Phi) is 5.39. The maximum Gasteiger partial charge on any atom is 0.320 e. The predicted molar refractivity (Wildman–Crippen MR) is 108 cm³/mol. The first-order valence-electron chi connectivity index (χ1n) is 9.00. The largest absolute Gasteiger partial charge is 0.496 e. The highest BCUT2D eigenvalue weighted by molar-refractivity contribution is 5.92. The maximum absolute atomic E-state index is 12.9. The molecule has 0 bridgehead atoms. The number of rotatable bonds is 5. The first-order chi connectivity index (χ1) is 13.3. The second-order valence-electron chi connectivity index (χ2n) is 6.84. The second-order valence-corrected chi connectivity index (χ2v) is 6.84. The Morgan fingerprint density at radius 2 is 1.61 bits per heavy atom. The predicted octanol–water partition coefficient (Wildman–Crippen LogP) is 3.00. The topological polar surface area (TPSA) is 86.0 Å². The summed E-state index contributed by atoms with van der Waals surface area (Å²) in [6.07, 6.45) is 7.08. The van der Waals surface area contributed by atoms with Crippen molar-refractivity contribution in [2.75, 3.05) is 12.4 Å². The molecule has 3 aromatic rings. The number of amides is 2. The van der Waals surface area contributed by atoms with Crippen molar-refractivity contribution in [3.8, 4) is 5.75 Å². The fourth-order valence-electron chi connectivity index (χ4n) is 3.29. The number of hydrogen-bond donors (Lipinski definition) is 2. The van der Waals surface area contributed by atoms with E-state index in [1.807, 2.05) is 62.5 Å². The first kappa shape index (κ1) is 19.5. The third kappa shape index (κ3) is 3.58. The number of aromatic nitrogens is 4. The zero-order chi connectivity index (χ0) is 20.4. The Morgan fingerprint density at radius 1 is 1.04 bits per heavy atom. The maximum atomic E-state index is 12.9. The Labute approximate surface area is 164 Å². The molecule has 28 heavy (non-hydrogen) atoms. The number of ether oxygens (including phenoxy) is 1. The molecule has 0 aliphatic rings. The summed E-state index contributed by atoms with van der Waals surface area (Å²) in [6.45, 7) is 5.89. The highest BCUT2D eigenvalue weighted by Crippen LogP contribution is 2.31. The summed E-state index contributed by atoms with van der Waals surface area (Å²) in [6, 6.07) is 1.11. The van der Waals surface area contributed by atoms with Gasteiger partial charge in [0, 0.05) is 44.6 Å². The minimum atomic E-state index is -0.486. The van der Waals surface area contributed by atoms with Gasteiger partial charge in [0.15, 0.2) is 0 Å². The highest BCUT2D eigenvalue weighted by atomic mass is 16.5. The van der Waals surface area contributed by atoms with E-state index >= 15 is 0 Å². The summed E-state index contributed by atoms with van der Waals surface area (Å²) in [5.41, 5.74) is 3.67. The van der Waals surface area contributed by atoms with Gasteiger partial charge in [-0.3, -0.25) is 0 Å². The molecule has 8 nitrogen and oxygen atoms in total. The molecule has 0 saturated carbocycles. The lowest BCUT2D eigenvalue weighted by atomic mass is 10.0. The molecule has 2 amide bonds. The van der Waals surface area contributed by atoms with E-state index in [9.17, 15) is 4.79 Å². The highest BCUT2D eigenvalue weighted by Gasteiger charge is 2.25. The normalized spacial score (nSPS) is 11.0. The van der Waals surface area contributed by atoms with E-state index in [2.05, 4.69) is 20.6 Å². The van der Waals surface area contributed by atoms with Crippen LogP contribution in [0.5, 0.6) is 5.75 Å². The van der Waals surface area contributed by atoms with Gasteiger partial charge >= 0.3 is 6.03 Å². The van der Waals surface area contributed by atoms with Gasteiger partial charge in [0.2, 0.25) is 0 Å². The van der Waals surface area contributed by atoms with Crippen molar-refractivity contribution in [2.45, 2.75) is 26.8 Å². The van der Waals surface area contributed by atoms with E-state index in [-0.39, 0.29) is 6.03 Å². The summed E-state index contributed by atoms with van der Waals surface area (Å²) in [7, 11) is 5.42. The summed E-state index contributed by atoms with van der Waals surface area (Å²) in [4.78, 5) is 21.7. The smallest absolute Gasteiger partial charge is 0.320 e. The van der Waals surface area contributed by atoms with Crippen LogP contribution in [0.2, 0.25) is 0 Å². The van der Waals surface area contributed by atoms with Gasteiger partial charge in [-0.1, -0.05) is 0 Å². The van der Waals surface area contributed by atoms with E-state index in [0.717, 1.165) is 28.1 Å². The third-order valence-electron chi connectivity index (χ3n) is 5.02. The molecular formula is C20H26N6O2. The number of carbonyl (C=O) groups is 1. The van der Waals surface area contributed by atoms with Gasteiger partial charge in [0.05, 0.1) is 7.11 Å². The number of methoxy groups -OCH3 is 1. The summed E-state index contributed by atoms with van der Waals surface area (Å²) in [5, 5.41) is 5.99. The van der Waals surface area contributed by atoms with E-state index in [4.69, 9.17) is 4.74 Å². The van der Waals surface area contributed by atoms with E-state index < -0.39 is 6.04 Å². The van der Waals surface area contributed by atoms with Crippen LogP contribution in [0, 0.1) is 20.8 Å². The minimum Gasteiger partial charge on any atom is -0.496 e. The standard InChI is InChI=1S/C20H26N6O2/c1-12-11-15(28-6)13(2)14(3)16(12)23-20(27)24-17(18-21-7-9-25(18)4)19-22-8-10-26(19)5/h7-11,17H,1-6H3,(H2,23,24,27). The monoisotopic (exact) mass is 382 g/mol. The van der Waals surface area contributed by atoms with E-state index in [1.165, 1.54) is 0 Å². The molecule has 0 atom stereocenters. The minimum absolute atomic E-state index is 0.327. The van der Waals surface area contributed by atoms with E-state index in [1.54, 1.807) is 19.5 Å². The van der Waals surface area contributed by atoms with E-state index in [0.29, 0.717) is 11.6 Å². The summed E-state index contributed by atoms with van der Waals surface area (Å²) in [5.74, 6) is 2.20. The zero-order valence-corrected chi connectivity index (χ0v) is 17.1. The van der Waals surface area contributed by atoms with Gasteiger partial charge in [-0.15, -0.1) is 0 Å². The molecule has 2 heterocycles. The Balaban J connectivity index is 1.89. The molecule has 0 radical (unpaired) electrons. The average molecular weight is 382 g/mol. The number of hydrogen-bond acceptors (Lipinski definition) is 4. The lowest BCUT2D eigenvalue weighted by molar-refractivity contribution is 0.249. The lowest BCUT2D eigenvalue weighted by Crippen LogP contribution is -2.36. The second kappa shape index (κ2) is 7.75. The van der Waals surface area contributed by atoms with Crippen LogP contribution in [0.1, 0.15) is 34.4 Å². The molecule has 1 aromatic carbocycles. The van der Waals surface area contributed by atoms with Crippen LogP contribution in [0.15, 0.2) is 30.9 Å². The Bertz CT molecular complexity index is 964. The number of nitrogens with one attached hydrogen (secondary N) is 2. The van der Waals surface area contributed by atoms with Gasteiger partial charge in [-0.05, 0) is 43.5 Å². The van der Waals surface area contributed by atoms with Gasteiger partial charge in [-0.25, -0.2) is 14.8 Å². The molecule has 3 rings (SSSR count). The van der Waals surface area contributed by atoms with Crippen LogP contribution in [-0.2, 0) is 14.1 Å². The van der Waals surface area contributed by atoms with Crippen molar-refractivity contribution >= 4 is 11.7 Å². The molecule has 2 aromatic heterocycles. The van der Waals surface area contributed by atoms with Crippen molar-refractivity contribution in [1.29, 1.82) is 0 Å². The number of anilines is 1. The Hall–Kier alpha value is -3.29. The Morgan fingerprint density at radius 3 is 2.07 bits per heavy atom. The van der Waals surface area contributed by atoms with Crippen LogP contribution in [0.25, 0.3) is 0 Å². The number of benzene rings is 1. The van der Waals surface area contributed by atoms with Crippen molar-refractivity contribution in [3.05, 3.63) is 59.2 Å². The average Bonchev–Trinajstić information content (AvgIpc) is 3.28. The molecular weight excluding hydrogens is 356 g/mol. The molecule has 8 heteroatoms. The molecule has 0 aliphatic heterocycles. The molecule has 2 N–H and O–H groups in total. The first-order valence-corrected chi connectivity index (χ1v) is 9.00. The molecule has 0 fully saturated rings. The summed E-state index contributed by atoms with van der Waals surface area (Å²) < 4.78 is 9.14. The van der Waals surface area contributed by atoms with Crippen molar-refractivity contribution in [1.82, 2.24) is 24.4 Å². The van der Waals surface area contributed by atoms with Gasteiger partial charge in [0.1, 0.15) is 23.4 Å².